The topological polar surface area (TPSA) is 54.0 Å². The van der Waals surface area contributed by atoms with E-state index in [0.717, 1.165) is 32.3 Å². The molecule has 124 valence electrons. The fraction of sp³-hybridized carbons (Fsp3) is 0.824. The van der Waals surface area contributed by atoms with E-state index in [1.807, 2.05) is 13.0 Å². The van der Waals surface area contributed by atoms with E-state index in [1.165, 1.54) is 0 Å². The van der Waals surface area contributed by atoms with Gasteiger partial charge >= 0.3 is 5.97 Å². The Bertz CT molecular complexity index is 415. The third kappa shape index (κ3) is 3.53. The van der Waals surface area contributed by atoms with Gasteiger partial charge in [-0.25, -0.2) is 0 Å². The highest BCUT2D eigenvalue weighted by Crippen LogP contribution is 2.44. The third-order valence-corrected chi connectivity index (χ3v) is 4.99. The van der Waals surface area contributed by atoms with Gasteiger partial charge < -0.3 is 18.9 Å². The summed E-state index contributed by atoms with van der Waals surface area (Å²) in [7, 11) is 1.69. The molecule has 3 fully saturated rings. The van der Waals surface area contributed by atoms with Crippen molar-refractivity contribution in [1.82, 2.24) is 0 Å². The van der Waals surface area contributed by atoms with E-state index in [9.17, 15) is 4.79 Å². The standard InChI is InChI=1S/C17H26O5/c1-11(19-2)6-7-12-13-9-16(18)21-15(13)10-14(12)22-17-5-3-4-8-20-17/h6-7,11-15,17H,3-5,8-10H2,1-2H3/b7-6+/t11?,12-,13-,14?,15?,17?/m1/s1. The van der Waals surface area contributed by atoms with E-state index >= 15 is 0 Å². The first-order valence-corrected chi connectivity index (χ1v) is 8.35. The maximum atomic E-state index is 11.6. The van der Waals surface area contributed by atoms with Crippen LogP contribution in [-0.4, -0.2) is 44.3 Å². The first kappa shape index (κ1) is 16.0. The van der Waals surface area contributed by atoms with Crippen LogP contribution in [0.5, 0.6) is 0 Å². The lowest BCUT2D eigenvalue weighted by Crippen LogP contribution is -2.31. The minimum atomic E-state index is -0.107. The maximum absolute atomic E-state index is 11.6. The Kier molecular flexibility index (Phi) is 5.16. The molecule has 6 atom stereocenters. The molecule has 5 heteroatoms. The number of rotatable bonds is 5. The van der Waals surface area contributed by atoms with Crippen LogP contribution in [-0.2, 0) is 23.7 Å². The van der Waals surface area contributed by atoms with Gasteiger partial charge in [-0.3, -0.25) is 4.79 Å². The Morgan fingerprint density at radius 3 is 2.95 bits per heavy atom. The number of fused-ring (bicyclic) bond motifs is 1. The van der Waals surface area contributed by atoms with Crippen molar-refractivity contribution < 1.29 is 23.7 Å². The van der Waals surface area contributed by atoms with Crippen molar-refractivity contribution in [1.29, 1.82) is 0 Å². The average molecular weight is 310 g/mol. The number of hydrogen-bond acceptors (Lipinski definition) is 5. The molecule has 0 aromatic heterocycles. The van der Waals surface area contributed by atoms with Crippen molar-refractivity contribution in [3.8, 4) is 0 Å². The predicted molar refractivity (Wildman–Crippen MR) is 80.2 cm³/mol. The highest BCUT2D eigenvalue weighted by atomic mass is 16.7. The molecule has 1 saturated carbocycles. The van der Waals surface area contributed by atoms with Gasteiger partial charge in [0.05, 0.1) is 18.6 Å². The molecule has 4 unspecified atom stereocenters. The Hall–Kier alpha value is -0.910. The van der Waals surface area contributed by atoms with Crippen LogP contribution in [0.25, 0.3) is 0 Å². The fourth-order valence-corrected chi connectivity index (χ4v) is 3.69. The molecule has 0 bridgehead atoms. The molecule has 0 spiro atoms. The van der Waals surface area contributed by atoms with Gasteiger partial charge in [-0.05, 0) is 26.2 Å². The van der Waals surface area contributed by atoms with Crippen molar-refractivity contribution in [3.63, 3.8) is 0 Å². The average Bonchev–Trinajstić information content (AvgIpc) is 3.02. The molecule has 22 heavy (non-hydrogen) atoms. The summed E-state index contributed by atoms with van der Waals surface area (Å²) in [5, 5.41) is 0. The molecule has 0 aromatic rings. The van der Waals surface area contributed by atoms with Gasteiger partial charge in [-0.2, -0.15) is 0 Å². The lowest BCUT2D eigenvalue weighted by molar-refractivity contribution is -0.194. The first-order valence-electron chi connectivity index (χ1n) is 8.35. The Labute approximate surface area is 131 Å². The van der Waals surface area contributed by atoms with Crippen molar-refractivity contribution in [2.75, 3.05) is 13.7 Å². The summed E-state index contributed by atoms with van der Waals surface area (Å²) in [6, 6.07) is 0. The largest absolute Gasteiger partial charge is 0.462 e. The van der Waals surface area contributed by atoms with Crippen LogP contribution in [0.1, 0.15) is 39.0 Å². The second-order valence-corrected chi connectivity index (χ2v) is 6.51. The summed E-state index contributed by atoms with van der Waals surface area (Å²) in [5.74, 6) is 0.335. The van der Waals surface area contributed by atoms with E-state index in [4.69, 9.17) is 18.9 Å². The zero-order valence-corrected chi connectivity index (χ0v) is 13.4. The van der Waals surface area contributed by atoms with Crippen LogP contribution in [0.4, 0.5) is 0 Å². The summed E-state index contributed by atoms with van der Waals surface area (Å²) in [6.45, 7) is 2.78. The van der Waals surface area contributed by atoms with E-state index in [0.29, 0.717) is 6.42 Å². The molecular formula is C17H26O5. The van der Waals surface area contributed by atoms with E-state index in [2.05, 4.69) is 6.08 Å². The molecule has 1 aliphatic carbocycles. The van der Waals surface area contributed by atoms with Gasteiger partial charge in [0.1, 0.15) is 6.10 Å². The molecule has 0 amide bonds. The second-order valence-electron chi connectivity index (χ2n) is 6.51. The lowest BCUT2D eigenvalue weighted by atomic mass is 9.91. The number of ether oxygens (including phenoxy) is 4. The summed E-state index contributed by atoms with van der Waals surface area (Å²) >= 11 is 0. The molecule has 0 radical (unpaired) electrons. The van der Waals surface area contributed by atoms with Crippen molar-refractivity contribution in [2.45, 2.75) is 63.6 Å². The molecule has 0 N–H and O–H groups in total. The van der Waals surface area contributed by atoms with Crippen LogP contribution in [0.15, 0.2) is 12.2 Å². The van der Waals surface area contributed by atoms with E-state index in [-0.39, 0.29) is 42.4 Å². The fourth-order valence-electron chi connectivity index (χ4n) is 3.69. The second kappa shape index (κ2) is 7.11. The molecular weight excluding hydrogens is 284 g/mol. The molecule has 0 aromatic carbocycles. The molecule has 5 nitrogen and oxygen atoms in total. The van der Waals surface area contributed by atoms with Crippen molar-refractivity contribution >= 4 is 5.97 Å². The summed E-state index contributed by atoms with van der Waals surface area (Å²) in [6.07, 6.45) is 8.69. The molecule has 3 aliphatic rings. The van der Waals surface area contributed by atoms with E-state index < -0.39 is 0 Å². The highest BCUT2D eigenvalue weighted by Gasteiger charge is 2.50. The van der Waals surface area contributed by atoms with E-state index in [1.54, 1.807) is 7.11 Å². The summed E-state index contributed by atoms with van der Waals surface area (Å²) < 4.78 is 22.6. The summed E-state index contributed by atoms with van der Waals surface area (Å²) in [5.41, 5.74) is 0. The third-order valence-electron chi connectivity index (χ3n) is 4.99. The quantitative estimate of drug-likeness (QED) is 0.577. The Morgan fingerprint density at radius 1 is 1.36 bits per heavy atom. The number of carbonyl (C=O) groups is 1. The highest BCUT2D eigenvalue weighted by molar-refractivity contribution is 5.72. The summed E-state index contributed by atoms with van der Waals surface area (Å²) in [4.78, 5) is 11.6. The zero-order valence-electron chi connectivity index (χ0n) is 13.4. The van der Waals surface area contributed by atoms with Gasteiger partial charge in [0, 0.05) is 32.0 Å². The van der Waals surface area contributed by atoms with Crippen LogP contribution in [0.2, 0.25) is 0 Å². The molecule has 2 heterocycles. The van der Waals surface area contributed by atoms with Gasteiger partial charge in [-0.15, -0.1) is 0 Å². The molecule has 2 aliphatic heterocycles. The van der Waals surface area contributed by atoms with Crippen LogP contribution in [0, 0.1) is 11.8 Å². The molecule has 3 rings (SSSR count). The van der Waals surface area contributed by atoms with Gasteiger partial charge in [0.2, 0.25) is 0 Å². The number of hydrogen-bond donors (Lipinski definition) is 0. The maximum Gasteiger partial charge on any atom is 0.306 e. The van der Waals surface area contributed by atoms with Gasteiger partial charge in [0.25, 0.3) is 0 Å². The first-order chi connectivity index (χ1) is 10.7. The van der Waals surface area contributed by atoms with Crippen LogP contribution in [0.3, 0.4) is 0 Å². The normalized spacial score (nSPS) is 39.9. The van der Waals surface area contributed by atoms with Gasteiger partial charge in [0.15, 0.2) is 6.29 Å². The van der Waals surface area contributed by atoms with Gasteiger partial charge in [-0.1, -0.05) is 12.2 Å². The number of carbonyl (C=O) groups excluding carboxylic acids is 1. The van der Waals surface area contributed by atoms with Crippen molar-refractivity contribution in [2.24, 2.45) is 11.8 Å². The SMILES string of the molecule is COC(C)/C=C/[C@H]1C(OC2CCCCO2)CC2OC(=O)C[C@@H]21. The number of methoxy groups -OCH3 is 1. The minimum absolute atomic E-state index is 0.00593. The van der Waals surface area contributed by atoms with Crippen molar-refractivity contribution in [3.05, 3.63) is 12.2 Å². The monoisotopic (exact) mass is 310 g/mol. The zero-order chi connectivity index (χ0) is 15.5. The lowest BCUT2D eigenvalue weighted by Gasteiger charge is -2.28. The molecule has 2 saturated heterocycles. The Morgan fingerprint density at radius 2 is 2.23 bits per heavy atom. The van der Waals surface area contributed by atoms with Crippen LogP contribution < -0.4 is 0 Å². The Balaban J connectivity index is 1.67. The minimum Gasteiger partial charge on any atom is -0.462 e. The van der Waals surface area contributed by atoms with Crippen LogP contribution >= 0.6 is 0 Å². The smallest absolute Gasteiger partial charge is 0.306 e. The number of esters is 1. The predicted octanol–water partition coefficient (Wildman–Crippen LogP) is 2.44.